The molecule has 0 aliphatic heterocycles. The van der Waals surface area contributed by atoms with E-state index in [0.717, 1.165) is 51.4 Å². The molecule has 0 aliphatic rings. The molecule has 0 unspecified atom stereocenters. The lowest BCUT2D eigenvalue weighted by Gasteiger charge is -2.09. The van der Waals surface area contributed by atoms with Crippen LogP contribution in [0.15, 0.2) is 36.4 Å². The van der Waals surface area contributed by atoms with E-state index in [1.165, 1.54) is 0 Å². The Morgan fingerprint density at radius 3 is 0.778 bits per heavy atom. The number of carbonyl (C=O) groups excluding carboxylic acids is 4. The largest absolute Gasteiger partial charge is 0.495 e. The van der Waals surface area contributed by atoms with E-state index in [1.54, 1.807) is 50.6 Å². The van der Waals surface area contributed by atoms with Gasteiger partial charge in [0.25, 0.3) is 0 Å². The zero-order valence-electron chi connectivity index (χ0n) is 49.1. The van der Waals surface area contributed by atoms with Crippen LogP contribution in [0.2, 0.25) is 0 Å². The lowest BCUT2D eigenvalue weighted by Crippen LogP contribution is -2.14. The average Bonchev–Trinajstić information content (AvgIpc) is 3.46. The van der Waals surface area contributed by atoms with Crippen LogP contribution in [0.5, 0.6) is 23.0 Å². The highest BCUT2D eigenvalue weighted by atomic mass is 16.6. The molecule has 0 saturated carbocycles. The zero-order chi connectivity index (χ0) is 58.3. The molecule has 81 heavy (non-hydrogen) atoms. The Hall–Kier alpha value is -4.52. The molecule has 0 radical (unpaired) electrons. The van der Waals surface area contributed by atoms with Gasteiger partial charge < -0.3 is 82.5 Å². The molecule has 0 saturated heterocycles. The number of nitrogens with two attached hydrogens (primary N) is 2. The first-order valence-corrected chi connectivity index (χ1v) is 29.3. The fourth-order valence-corrected chi connectivity index (χ4v) is 7.57. The van der Waals surface area contributed by atoms with Crippen LogP contribution < -0.4 is 30.4 Å². The molecule has 0 amide bonds. The number of rotatable bonds is 62. The van der Waals surface area contributed by atoms with Gasteiger partial charge in [0.15, 0.2) is 0 Å². The highest BCUT2D eigenvalue weighted by molar-refractivity contribution is 5.79. The van der Waals surface area contributed by atoms with Crippen molar-refractivity contribution in [2.75, 3.05) is 184 Å². The maximum atomic E-state index is 12.2. The van der Waals surface area contributed by atoms with E-state index in [1.807, 2.05) is 0 Å². The zero-order valence-corrected chi connectivity index (χ0v) is 49.1. The van der Waals surface area contributed by atoms with Crippen LogP contribution in [0.3, 0.4) is 0 Å². The maximum absolute atomic E-state index is 12.2. The first kappa shape index (κ1) is 72.6. The number of Topliss-reactive ketones (excluding diaryl/α,β-unsaturated/α-hetero) is 4. The van der Waals surface area contributed by atoms with Gasteiger partial charge in [-0.05, 0) is 88.5 Å². The molecule has 4 N–H and O–H groups in total. The molecule has 2 rings (SSSR count). The molecule has 2 aromatic carbocycles. The summed E-state index contributed by atoms with van der Waals surface area (Å²) in [6.07, 6.45) is 11.6. The van der Waals surface area contributed by atoms with Gasteiger partial charge in [-0.25, -0.2) is 0 Å². The summed E-state index contributed by atoms with van der Waals surface area (Å²) in [7, 11) is 3.13. The molecule has 464 valence electrons. The molecular weight excluding hydrogens is 1050 g/mol. The van der Waals surface area contributed by atoms with Crippen molar-refractivity contribution >= 4 is 34.5 Å². The van der Waals surface area contributed by atoms with Crippen LogP contribution in [0.1, 0.15) is 116 Å². The predicted molar refractivity (Wildman–Crippen MR) is 308 cm³/mol. The quantitative estimate of drug-likeness (QED) is 0.0473. The summed E-state index contributed by atoms with van der Waals surface area (Å²) >= 11 is 0. The van der Waals surface area contributed by atoms with Gasteiger partial charge in [-0.3, -0.25) is 19.2 Å². The summed E-state index contributed by atoms with van der Waals surface area (Å²) in [6.45, 7) is 11.4. The van der Waals surface area contributed by atoms with Crippen LogP contribution in [0, 0.1) is 0 Å². The predicted octanol–water partition coefficient (Wildman–Crippen LogP) is 7.81. The van der Waals surface area contributed by atoms with Gasteiger partial charge in [0.1, 0.15) is 46.1 Å². The summed E-state index contributed by atoms with van der Waals surface area (Å²) in [5, 5.41) is 0. The number of hydrogen-bond acceptors (Lipinski definition) is 21. The number of ketones is 4. The summed E-state index contributed by atoms with van der Waals surface area (Å²) in [4.78, 5) is 48.6. The molecule has 0 aliphatic carbocycles. The Morgan fingerprint density at radius 2 is 0.519 bits per heavy atom. The Morgan fingerprint density at radius 1 is 0.284 bits per heavy atom. The van der Waals surface area contributed by atoms with E-state index in [0.29, 0.717) is 257 Å². The highest BCUT2D eigenvalue weighted by Gasteiger charge is 2.09. The van der Waals surface area contributed by atoms with Crippen LogP contribution in [-0.4, -0.2) is 196 Å². The Balaban J connectivity index is 1.17. The molecule has 0 heterocycles. The van der Waals surface area contributed by atoms with Gasteiger partial charge in [0.05, 0.1) is 158 Å². The lowest BCUT2D eigenvalue weighted by molar-refractivity contribution is -0.121. The van der Waals surface area contributed by atoms with Crippen molar-refractivity contribution in [1.29, 1.82) is 0 Å². The molecule has 0 atom stereocenters. The maximum Gasteiger partial charge on any atom is 0.142 e. The summed E-state index contributed by atoms with van der Waals surface area (Å²) in [5.41, 5.74) is 12.8. The van der Waals surface area contributed by atoms with Crippen molar-refractivity contribution in [2.24, 2.45) is 0 Å². The Bertz CT molecular complexity index is 1730. The molecule has 21 heteroatoms. The van der Waals surface area contributed by atoms with Gasteiger partial charge in [0.2, 0.25) is 0 Å². The van der Waals surface area contributed by atoms with E-state index in [9.17, 15) is 19.2 Å². The minimum Gasteiger partial charge on any atom is -0.495 e. The van der Waals surface area contributed by atoms with Crippen molar-refractivity contribution in [1.82, 2.24) is 0 Å². The fourth-order valence-electron chi connectivity index (χ4n) is 7.57. The number of ether oxygens (including phenoxy) is 15. The first-order chi connectivity index (χ1) is 39.7. The van der Waals surface area contributed by atoms with E-state index in [4.69, 9.17) is 82.5 Å². The number of nitrogen functional groups attached to an aromatic ring is 2. The number of carbonyl (C=O) groups is 4. The van der Waals surface area contributed by atoms with Crippen molar-refractivity contribution in [3.63, 3.8) is 0 Å². The average molecular weight is 1150 g/mol. The summed E-state index contributed by atoms with van der Waals surface area (Å²) in [6, 6.07) is 10.5. The molecule has 0 bridgehead atoms. The fraction of sp³-hybridized carbons (Fsp3) is 0.733. The van der Waals surface area contributed by atoms with Crippen LogP contribution >= 0.6 is 0 Å². The number of benzene rings is 2. The van der Waals surface area contributed by atoms with Crippen LogP contribution in [-0.2, 0) is 71.3 Å². The minimum atomic E-state index is 0.176. The normalized spacial score (nSPS) is 11.3. The van der Waals surface area contributed by atoms with Crippen LogP contribution in [0.25, 0.3) is 0 Å². The second kappa shape index (κ2) is 53.5. The second-order valence-corrected chi connectivity index (χ2v) is 18.9. The van der Waals surface area contributed by atoms with Crippen LogP contribution in [0.4, 0.5) is 11.4 Å². The minimum absolute atomic E-state index is 0.176. The van der Waals surface area contributed by atoms with E-state index < -0.39 is 0 Å². The van der Waals surface area contributed by atoms with Gasteiger partial charge >= 0.3 is 0 Å². The molecule has 21 nitrogen and oxygen atoms in total. The first-order valence-electron chi connectivity index (χ1n) is 29.3. The monoisotopic (exact) mass is 1150 g/mol. The topological polar surface area (TPSA) is 259 Å². The van der Waals surface area contributed by atoms with Gasteiger partial charge in [-0.2, -0.15) is 0 Å². The molecule has 0 aromatic heterocycles. The molecule has 0 fully saturated rings. The Kier molecular flexibility index (Phi) is 47.9. The number of hydrogen-bond donors (Lipinski definition) is 2. The lowest BCUT2D eigenvalue weighted by atomic mass is 10.1. The molecular formula is C60H100N2O19. The summed E-state index contributed by atoms with van der Waals surface area (Å²) < 4.78 is 82.8. The Labute approximate surface area is 482 Å². The van der Waals surface area contributed by atoms with Gasteiger partial charge in [0, 0.05) is 89.9 Å². The van der Waals surface area contributed by atoms with E-state index in [2.05, 4.69) is 0 Å². The van der Waals surface area contributed by atoms with Crippen molar-refractivity contribution < 1.29 is 90.2 Å². The van der Waals surface area contributed by atoms with Crippen molar-refractivity contribution in [3.8, 4) is 23.0 Å². The van der Waals surface area contributed by atoms with E-state index >= 15 is 0 Å². The molecule has 2 aromatic rings. The third-order valence-corrected chi connectivity index (χ3v) is 12.1. The number of unbranched alkanes of at least 4 members (excludes halogenated alkanes) is 4. The van der Waals surface area contributed by atoms with Gasteiger partial charge in [-0.1, -0.05) is 0 Å². The standard InChI is InChI=1S/C60H100N2O19/c1-67-59-21-19-55(49-57(59)61)80-29-11-17-51(63)13-3-7-25-69-33-39-75-41-35-71-27-9-5-15-53(65)23-31-73-37-43-77-45-47-79-48-46-78-44-38-74-32-24-54(66)16-6-10-28-72-36-42-76-40-34-70-26-8-4-14-52(64)18-12-30-81-56-20-22-60(68-2)58(62)50-56/h19-22,49-50H,3-18,23-48,61-62H2,1-2H3. The highest BCUT2D eigenvalue weighted by Crippen LogP contribution is 2.27. The van der Waals surface area contributed by atoms with E-state index in [-0.39, 0.29) is 23.1 Å². The van der Waals surface area contributed by atoms with Crippen molar-refractivity contribution in [2.45, 2.75) is 116 Å². The third kappa shape index (κ3) is 44.7. The number of methoxy groups -OCH3 is 2. The van der Waals surface area contributed by atoms with Crippen molar-refractivity contribution in [3.05, 3.63) is 36.4 Å². The smallest absolute Gasteiger partial charge is 0.142 e. The summed E-state index contributed by atoms with van der Waals surface area (Å²) in [5.74, 6) is 3.34. The SMILES string of the molecule is COc1ccc(OCCCC(=O)CCCCOCCOCCOCCCCC(=O)CCOCCOCCOCCOCCOCCC(=O)CCCCOCCOCCOCCCCC(=O)CCCOc2ccc(OC)c(N)c2)cc1N. The third-order valence-electron chi connectivity index (χ3n) is 12.1. The van der Waals surface area contributed by atoms with Gasteiger partial charge in [-0.15, -0.1) is 0 Å². The second-order valence-electron chi connectivity index (χ2n) is 18.9. The number of anilines is 2. The molecule has 0 spiro atoms.